The van der Waals surface area contributed by atoms with Crippen molar-refractivity contribution in [3.63, 3.8) is 0 Å². The maximum Gasteiger partial charge on any atom is 0.414 e. The number of nitrogens with one attached hydrogen (secondary N) is 1. The third kappa shape index (κ3) is 5.15. The van der Waals surface area contributed by atoms with Crippen molar-refractivity contribution in [2.75, 3.05) is 5.32 Å². The Morgan fingerprint density at radius 3 is 2.71 bits per heavy atom. The van der Waals surface area contributed by atoms with E-state index in [1.54, 1.807) is 27.0 Å². The van der Waals surface area contributed by atoms with E-state index in [4.69, 9.17) is 9.47 Å². The molecule has 1 amide bonds. The Kier molecular flexibility index (Phi) is 4.70. The summed E-state index contributed by atoms with van der Waals surface area (Å²) in [7, 11) is 0. The molecule has 0 aliphatic heterocycles. The van der Waals surface area contributed by atoms with Crippen LogP contribution >= 0.6 is 15.9 Å². The minimum Gasteiger partial charge on any atom is -0.473 e. The molecule has 0 radical (unpaired) electrons. The number of anilines is 1. The molecule has 116 valence electrons. The van der Waals surface area contributed by atoms with E-state index in [9.17, 15) is 4.79 Å². The van der Waals surface area contributed by atoms with Crippen LogP contribution in [0, 0.1) is 5.92 Å². The molecule has 1 atom stereocenters. The maximum absolute atomic E-state index is 11.7. The monoisotopic (exact) mass is 357 g/mol. The molecule has 6 nitrogen and oxygen atoms in total. The maximum atomic E-state index is 11.7. The molecule has 0 aromatic carbocycles. The zero-order chi connectivity index (χ0) is 15.6. The summed E-state index contributed by atoms with van der Waals surface area (Å²) in [4.78, 5) is 19.9. The minimum absolute atomic E-state index is 0.102. The Balaban J connectivity index is 2.02. The molecule has 1 N–H and O–H groups in total. The Morgan fingerprint density at radius 2 is 2.14 bits per heavy atom. The number of amides is 1. The molecule has 21 heavy (non-hydrogen) atoms. The first-order valence-electron chi connectivity index (χ1n) is 6.94. The van der Waals surface area contributed by atoms with Gasteiger partial charge in [-0.05, 0) is 62.4 Å². The van der Waals surface area contributed by atoms with Crippen molar-refractivity contribution in [1.82, 2.24) is 9.97 Å². The molecule has 1 aromatic heterocycles. The van der Waals surface area contributed by atoms with E-state index in [2.05, 4.69) is 31.2 Å². The number of hydrogen-bond acceptors (Lipinski definition) is 5. The van der Waals surface area contributed by atoms with Crippen LogP contribution in [0.5, 0.6) is 5.88 Å². The van der Waals surface area contributed by atoms with Gasteiger partial charge in [0.15, 0.2) is 0 Å². The fourth-order valence-electron chi connectivity index (χ4n) is 1.73. The van der Waals surface area contributed by atoms with Crippen molar-refractivity contribution in [2.24, 2.45) is 5.92 Å². The minimum atomic E-state index is -0.592. The van der Waals surface area contributed by atoms with Gasteiger partial charge in [0.2, 0.25) is 11.8 Å². The van der Waals surface area contributed by atoms with Crippen molar-refractivity contribution in [2.45, 2.75) is 52.2 Å². The molecule has 7 heteroatoms. The van der Waals surface area contributed by atoms with Gasteiger partial charge in [-0.1, -0.05) is 0 Å². The molecule has 1 aromatic rings. The van der Waals surface area contributed by atoms with Gasteiger partial charge in [-0.15, -0.1) is 0 Å². The van der Waals surface area contributed by atoms with E-state index in [1.807, 2.05) is 6.92 Å². The largest absolute Gasteiger partial charge is 0.473 e. The average molecular weight is 358 g/mol. The molecule has 2 rings (SSSR count). The van der Waals surface area contributed by atoms with Crippen LogP contribution in [-0.4, -0.2) is 27.8 Å². The average Bonchev–Trinajstić information content (AvgIpc) is 3.14. The van der Waals surface area contributed by atoms with Gasteiger partial charge >= 0.3 is 6.09 Å². The van der Waals surface area contributed by atoms with Crippen LogP contribution < -0.4 is 10.1 Å². The van der Waals surface area contributed by atoms with Crippen LogP contribution in [0.2, 0.25) is 0 Å². The van der Waals surface area contributed by atoms with Gasteiger partial charge in [0, 0.05) is 0 Å². The lowest BCUT2D eigenvalue weighted by molar-refractivity contribution is 0.0634. The predicted octanol–water partition coefficient (Wildman–Crippen LogP) is 3.76. The molecular formula is C14H20BrN3O3. The number of ether oxygens (including phenoxy) is 2. The first-order chi connectivity index (χ1) is 9.74. The first kappa shape index (κ1) is 16.0. The van der Waals surface area contributed by atoms with Crippen LogP contribution in [0.1, 0.15) is 40.5 Å². The van der Waals surface area contributed by atoms with E-state index < -0.39 is 11.7 Å². The Hall–Kier alpha value is -1.37. The van der Waals surface area contributed by atoms with Crippen molar-refractivity contribution < 1.29 is 14.3 Å². The highest BCUT2D eigenvalue weighted by Gasteiger charge is 2.30. The Labute approximate surface area is 132 Å². The number of carbonyl (C=O) groups excluding carboxylic acids is 1. The van der Waals surface area contributed by atoms with Crippen molar-refractivity contribution in [1.29, 1.82) is 0 Å². The summed E-state index contributed by atoms with van der Waals surface area (Å²) in [5.74, 6) is 1.18. The summed E-state index contributed by atoms with van der Waals surface area (Å²) in [5, 5.41) is 2.50. The summed E-state index contributed by atoms with van der Waals surface area (Å²) >= 11 is 3.35. The third-order valence-corrected chi connectivity index (χ3v) is 3.45. The molecule has 1 saturated carbocycles. The molecule has 1 aliphatic carbocycles. The summed E-state index contributed by atoms with van der Waals surface area (Å²) in [5.41, 5.74) is -0.570. The predicted molar refractivity (Wildman–Crippen MR) is 82.4 cm³/mol. The van der Waals surface area contributed by atoms with Crippen molar-refractivity contribution in [3.8, 4) is 5.88 Å². The molecule has 0 spiro atoms. The van der Waals surface area contributed by atoms with Gasteiger partial charge in [-0.2, -0.15) is 4.98 Å². The van der Waals surface area contributed by atoms with Crippen molar-refractivity contribution in [3.05, 3.63) is 10.7 Å². The zero-order valence-electron chi connectivity index (χ0n) is 12.6. The first-order valence-corrected chi connectivity index (χ1v) is 7.73. The lowest BCUT2D eigenvalue weighted by Crippen LogP contribution is -2.28. The second kappa shape index (κ2) is 6.17. The fraction of sp³-hybridized carbons (Fsp3) is 0.643. The summed E-state index contributed by atoms with van der Waals surface area (Å²) in [6, 6.07) is 0. The second-order valence-electron chi connectivity index (χ2n) is 6.13. The Morgan fingerprint density at radius 1 is 1.48 bits per heavy atom. The summed E-state index contributed by atoms with van der Waals surface area (Å²) < 4.78 is 11.6. The number of carbonyl (C=O) groups is 1. The molecular weight excluding hydrogens is 338 g/mol. The number of halogens is 1. The van der Waals surface area contributed by atoms with E-state index in [0.29, 0.717) is 16.3 Å². The molecule has 1 heterocycles. The van der Waals surface area contributed by atoms with Crippen LogP contribution in [0.25, 0.3) is 0 Å². The molecule has 1 aliphatic rings. The van der Waals surface area contributed by atoms with E-state index in [1.165, 1.54) is 12.8 Å². The molecule has 0 saturated heterocycles. The second-order valence-corrected chi connectivity index (χ2v) is 6.99. The highest BCUT2D eigenvalue weighted by Crippen LogP contribution is 2.35. The standard InChI is InChI=1S/C14H20BrN3O3/c1-8(9-5-6-9)20-11-10(15)7-16-12(17-11)18-13(19)21-14(2,3)4/h7-9H,5-6H2,1-4H3,(H,16,17,18,19). The zero-order valence-corrected chi connectivity index (χ0v) is 14.2. The SMILES string of the molecule is CC(Oc1nc(NC(=O)OC(C)(C)C)ncc1Br)C1CC1. The normalized spacial score (nSPS) is 16.2. The van der Waals surface area contributed by atoms with E-state index in [0.717, 1.165) is 0 Å². The third-order valence-electron chi connectivity index (χ3n) is 2.91. The smallest absolute Gasteiger partial charge is 0.414 e. The molecule has 1 unspecified atom stereocenters. The van der Waals surface area contributed by atoms with Gasteiger partial charge in [-0.25, -0.2) is 9.78 Å². The quantitative estimate of drug-likeness (QED) is 0.887. The topological polar surface area (TPSA) is 73.3 Å². The lowest BCUT2D eigenvalue weighted by atomic mass is 10.2. The van der Waals surface area contributed by atoms with Crippen LogP contribution in [0.3, 0.4) is 0 Å². The van der Waals surface area contributed by atoms with Crippen LogP contribution in [0.4, 0.5) is 10.7 Å². The fourth-order valence-corrected chi connectivity index (χ4v) is 2.01. The number of rotatable bonds is 4. The Bertz CT molecular complexity index is 527. The number of hydrogen-bond donors (Lipinski definition) is 1. The van der Waals surface area contributed by atoms with Gasteiger partial charge in [0.05, 0.1) is 10.7 Å². The lowest BCUT2D eigenvalue weighted by Gasteiger charge is -2.19. The van der Waals surface area contributed by atoms with Crippen molar-refractivity contribution >= 4 is 28.0 Å². The van der Waals surface area contributed by atoms with Crippen LogP contribution in [-0.2, 0) is 4.74 Å². The highest BCUT2D eigenvalue weighted by molar-refractivity contribution is 9.10. The van der Waals surface area contributed by atoms with Gasteiger partial charge in [0.25, 0.3) is 0 Å². The van der Waals surface area contributed by atoms with E-state index >= 15 is 0 Å². The number of nitrogens with zero attached hydrogens (tertiary/aromatic N) is 2. The molecule has 1 fully saturated rings. The summed E-state index contributed by atoms with van der Waals surface area (Å²) in [6.45, 7) is 7.40. The van der Waals surface area contributed by atoms with Gasteiger partial charge < -0.3 is 9.47 Å². The number of aromatic nitrogens is 2. The van der Waals surface area contributed by atoms with Gasteiger partial charge in [-0.3, -0.25) is 5.32 Å². The van der Waals surface area contributed by atoms with Crippen LogP contribution in [0.15, 0.2) is 10.7 Å². The highest BCUT2D eigenvalue weighted by atomic mass is 79.9. The molecule has 0 bridgehead atoms. The van der Waals surface area contributed by atoms with Gasteiger partial charge in [0.1, 0.15) is 11.7 Å². The van der Waals surface area contributed by atoms with E-state index in [-0.39, 0.29) is 12.1 Å². The summed E-state index contributed by atoms with van der Waals surface area (Å²) in [6.07, 6.45) is 3.44.